The summed E-state index contributed by atoms with van der Waals surface area (Å²) >= 11 is 0. The predicted molar refractivity (Wildman–Crippen MR) is 83.0 cm³/mol. The molecule has 2 atom stereocenters. The van der Waals surface area contributed by atoms with E-state index in [-0.39, 0.29) is 5.82 Å². The maximum atomic E-state index is 14.2. The van der Waals surface area contributed by atoms with Crippen LogP contribution in [0.15, 0.2) is 48.5 Å². The number of nitrogens with zero attached hydrogens (tertiary/aromatic N) is 1. The number of hydrogen-bond donors (Lipinski definition) is 1. The second kappa shape index (κ2) is 5.86. The molecule has 1 unspecified atom stereocenters. The zero-order valence-electron chi connectivity index (χ0n) is 12.2. The highest BCUT2D eigenvalue weighted by Gasteiger charge is 2.25. The van der Waals surface area contributed by atoms with E-state index < -0.39 is 6.10 Å². The van der Waals surface area contributed by atoms with E-state index in [0.717, 1.165) is 19.5 Å². The minimum absolute atomic E-state index is 0.248. The molecule has 0 spiro atoms. The van der Waals surface area contributed by atoms with Gasteiger partial charge in [-0.2, -0.15) is 0 Å². The predicted octanol–water partition coefficient (Wildman–Crippen LogP) is 3.87. The third kappa shape index (κ3) is 2.93. The molecule has 3 heteroatoms. The number of aliphatic hydroxyl groups excluding tert-OH is 1. The van der Waals surface area contributed by atoms with Gasteiger partial charge in [-0.05, 0) is 36.6 Å². The number of benzene rings is 2. The Labute approximate surface area is 124 Å². The highest BCUT2D eigenvalue weighted by Crippen LogP contribution is 2.32. The van der Waals surface area contributed by atoms with Crippen LogP contribution in [-0.2, 0) is 0 Å². The fourth-order valence-corrected chi connectivity index (χ4v) is 3.02. The minimum Gasteiger partial charge on any atom is -0.389 e. The Bertz CT molecular complexity index is 612. The van der Waals surface area contributed by atoms with Gasteiger partial charge in [-0.1, -0.05) is 36.4 Å². The molecule has 0 amide bonds. The van der Waals surface area contributed by atoms with Gasteiger partial charge in [0.1, 0.15) is 5.82 Å². The number of hydrogen-bond acceptors (Lipinski definition) is 2. The van der Waals surface area contributed by atoms with Crippen LogP contribution in [0.25, 0.3) is 0 Å². The van der Waals surface area contributed by atoms with Gasteiger partial charge in [-0.15, -0.1) is 0 Å². The Kier molecular flexibility index (Phi) is 3.93. The van der Waals surface area contributed by atoms with E-state index in [2.05, 4.69) is 29.2 Å². The van der Waals surface area contributed by atoms with Crippen molar-refractivity contribution in [3.8, 4) is 0 Å². The van der Waals surface area contributed by atoms with Gasteiger partial charge in [0.25, 0.3) is 0 Å². The summed E-state index contributed by atoms with van der Waals surface area (Å²) in [5.41, 5.74) is 2.58. The van der Waals surface area contributed by atoms with E-state index in [0.29, 0.717) is 17.2 Å². The van der Waals surface area contributed by atoms with Crippen molar-refractivity contribution in [1.82, 2.24) is 0 Å². The molecule has 1 heterocycles. The number of halogens is 1. The van der Waals surface area contributed by atoms with Crippen molar-refractivity contribution in [2.24, 2.45) is 0 Å². The largest absolute Gasteiger partial charge is 0.389 e. The van der Waals surface area contributed by atoms with Gasteiger partial charge in [-0.3, -0.25) is 0 Å². The standard InChI is InChI=1S/C18H20FNO/c1-13(21)15-7-8-18(17(19)11-15)20-10-9-16(12-20)14-5-3-2-4-6-14/h2-8,11,13,16,21H,9-10,12H2,1H3/t13-,16?/m0/s1. The molecule has 2 nitrogen and oxygen atoms in total. The average molecular weight is 285 g/mol. The Morgan fingerprint density at radius 1 is 1.19 bits per heavy atom. The summed E-state index contributed by atoms with van der Waals surface area (Å²) in [6.07, 6.45) is 0.408. The summed E-state index contributed by atoms with van der Waals surface area (Å²) in [5.74, 6) is 0.212. The maximum absolute atomic E-state index is 14.2. The SMILES string of the molecule is C[C@H](O)c1ccc(N2CCC(c3ccccc3)C2)c(F)c1. The van der Waals surface area contributed by atoms with Crippen LogP contribution in [0, 0.1) is 5.82 Å². The Hall–Kier alpha value is -1.87. The second-order valence-corrected chi connectivity index (χ2v) is 5.73. The van der Waals surface area contributed by atoms with Gasteiger partial charge in [0, 0.05) is 19.0 Å². The Balaban J connectivity index is 1.77. The lowest BCUT2D eigenvalue weighted by molar-refractivity contribution is 0.199. The molecule has 0 saturated carbocycles. The van der Waals surface area contributed by atoms with Gasteiger partial charge in [-0.25, -0.2) is 4.39 Å². The minimum atomic E-state index is -0.635. The molecule has 110 valence electrons. The van der Waals surface area contributed by atoms with Gasteiger partial charge in [0.05, 0.1) is 11.8 Å². The summed E-state index contributed by atoms with van der Waals surface area (Å²) in [6.45, 7) is 3.36. The van der Waals surface area contributed by atoms with E-state index in [4.69, 9.17) is 0 Å². The van der Waals surface area contributed by atoms with Crippen LogP contribution < -0.4 is 4.90 Å². The van der Waals surface area contributed by atoms with Gasteiger partial charge in [0.2, 0.25) is 0 Å². The second-order valence-electron chi connectivity index (χ2n) is 5.73. The highest BCUT2D eigenvalue weighted by molar-refractivity contribution is 5.51. The smallest absolute Gasteiger partial charge is 0.146 e. The first-order valence-corrected chi connectivity index (χ1v) is 7.42. The lowest BCUT2D eigenvalue weighted by Crippen LogP contribution is -2.20. The molecule has 0 aromatic heterocycles. The lowest BCUT2D eigenvalue weighted by atomic mass is 9.99. The Morgan fingerprint density at radius 2 is 1.95 bits per heavy atom. The summed E-state index contributed by atoms with van der Waals surface area (Å²) in [5, 5.41) is 9.51. The van der Waals surface area contributed by atoms with E-state index in [1.54, 1.807) is 19.1 Å². The summed E-state index contributed by atoms with van der Waals surface area (Å²) in [6, 6.07) is 15.4. The van der Waals surface area contributed by atoms with Crippen LogP contribution in [0.3, 0.4) is 0 Å². The van der Waals surface area contributed by atoms with Crippen LogP contribution in [0.4, 0.5) is 10.1 Å². The number of rotatable bonds is 3. The van der Waals surface area contributed by atoms with Crippen molar-refractivity contribution in [3.05, 3.63) is 65.5 Å². The van der Waals surface area contributed by atoms with Crippen LogP contribution in [0.5, 0.6) is 0 Å². The number of aliphatic hydroxyl groups is 1. The zero-order valence-corrected chi connectivity index (χ0v) is 12.2. The topological polar surface area (TPSA) is 23.5 Å². The molecule has 1 aliphatic heterocycles. The van der Waals surface area contributed by atoms with Gasteiger partial charge >= 0.3 is 0 Å². The van der Waals surface area contributed by atoms with Gasteiger partial charge < -0.3 is 10.0 Å². The van der Waals surface area contributed by atoms with Crippen molar-refractivity contribution >= 4 is 5.69 Å². The molecule has 2 aromatic rings. The van der Waals surface area contributed by atoms with Crippen LogP contribution in [0.2, 0.25) is 0 Å². The zero-order chi connectivity index (χ0) is 14.8. The average Bonchev–Trinajstić information content (AvgIpc) is 2.97. The van der Waals surface area contributed by atoms with Crippen molar-refractivity contribution in [2.45, 2.75) is 25.4 Å². The van der Waals surface area contributed by atoms with E-state index >= 15 is 0 Å². The summed E-state index contributed by atoms with van der Waals surface area (Å²) in [4.78, 5) is 2.10. The molecule has 2 aromatic carbocycles. The molecule has 1 aliphatic rings. The van der Waals surface area contributed by atoms with Crippen molar-refractivity contribution in [3.63, 3.8) is 0 Å². The first-order chi connectivity index (χ1) is 10.1. The first-order valence-electron chi connectivity index (χ1n) is 7.42. The van der Waals surface area contributed by atoms with Crippen LogP contribution in [-0.4, -0.2) is 18.2 Å². The fourth-order valence-electron chi connectivity index (χ4n) is 3.02. The van der Waals surface area contributed by atoms with E-state index in [9.17, 15) is 9.50 Å². The number of anilines is 1. The molecule has 0 aliphatic carbocycles. The molecular weight excluding hydrogens is 265 g/mol. The van der Waals surface area contributed by atoms with Crippen molar-refractivity contribution < 1.29 is 9.50 Å². The molecule has 3 rings (SSSR count). The normalized spacial score (nSPS) is 19.8. The highest BCUT2D eigenvalue weighted by atomic mass is 19.1. The molecule has 1 N–H and O–H groups in total. The quantitative estimate of drug-likeness (QED) is 0.925. The van der Waals surface area contributed by atoms with Crippen LogP contribution in [0.1, 0.15) is 36.5 Å². The fraction of sp³-hybridized carbons (Fsp3) is 0.333. The molecule has 21 heavy (non-hydrogen) atoms. The maximum Gasteiger partial charge on any atom is 0.146 e. The van der Waals surface area contributed by atoms with E-state index in [1.165, 1.54) is 11.6 Å². The van der Waals surface area contributed by atoms with Crippen LogP contribution >= 0.6 is 0 Å². The molecule has 1 fully saturated rings. The third-order valence-electron chi connectivity index (χ3n) is 4.25. The first kappa shape index (κ1) is 14.1. The summed E-state index contributed by atoms with van der Waals surface area (Å²) < 4.78 is 14.2. The third-order valence-corrected chi connectivity index (χ3v) is 4.25. The van der Waals surface area contributed by atoms with Crippen molar-refractivity contribution in [2.75, 3.05) is 18.0 Å². The summed E-state index contributed by atoms with van der Waals surface area (Å²) in [7, 11) is 0. The van der Waals surface area contributed by atoms with Gasteiger partial charge in [0.15, 0.2) is 0 Å². The van der Waals surface area contributed by atoms with E-state index in [1.807, 2.05) is 6.07 Å². The lowest BCUT2D eigenvalue weighted by Gasteiger charge is -2.20. The molecular formula is C18H20FNO. The van der Waals surface area contributed by atoms with Crippen molar-refractivity contribution in [1.29, 1.82) is 0 Å². The monoisotopic (exact) mass is 285 g/mol. The Morgan fingerprint density at radius 3 is 2.62 bits per heavy atom. The molecule has 0 radical (unpaired) electrons. The molecule has 0 bridgehead atoms. The molecule has 1 saturated heterocycles.